The molecule has 0 aromatic carbocycles. The summed E-state index contributed by atoms with van der Waals surface area (Å²) in [4.78, 5) is 5.08. The van der Waals surface area contributed by atoms with E-state index in [0.717, 1.165) is 17.0 Å². The zero-order valence-electron chi connectivity index (χ0n) is 7.85. The molecule has 0 fully saturated rings. The molecule has 1 aromatic rings. The van der Waals surface area contributed by atoms with Crippen molar-refractivity contribution in [3.05, 3.63) is 15.6 Å². The van der Waals surface area contributed by atoms with Gasteiger partial charge in [-0.3, -0.25) is 0 Å². The minimum atomic E-state index is -2.42. The summed E-state index contributed by atoms with van der Waals surface area (Å²) in [5.74, 6) is 0.279. The fourth-order valence-corrected chi connectivity index (χ4v) is 3.81. The summed E-state index contributed by atoms with van der Waals surface area (Å²) in [7, 11) is 0. The van der Waals surface area contributed by atoms with E-state index in [1.807, 2.05) is 0 Å². The van der Waals surface area contributed by atoms with E-state index in [0.29, 0.717) is 0 Å². The van der Waals surface area contributed by atoms with Crippen molar-refractivity contribution in [2.45, 2.75) is 36.0 Å². The van der Waals surface area contributed by atoms with Crippen LogP contribution in [0.2, 0.25) is 0 Å². The third kappa shape index (κ3) is 1.58. The Bertz CT molecular complexity index is 362. The summed E-state index contributed by atoms with van der Waals surface area (Å²) >= 11 is 3.56. The lowest BCUT2D eigenvalue weighted by atomic mass is 9.99. The van der Waals surface area contributed by atoms with Crippen LogP contribution in [0.5, 0.6) is 0 Å². The minimum absolute atomic E-state index is 0.0197. The Balaban J connectivity index is 2.37. The van der Waals surface area contributed by atoms with Crippen LogP contribution in [0.15, 0.2) is 0 Å². The molecule has 0 saturated carbocycles. The van der Waals surface area contributed by atoms with E-state index in [2.05, 4.69) is 41.4 Å². The lowest BCUT2D eigenvalue weighted by Crippen LogP contribution is -2.19. The predicted octanol–water partition coefficient (Wildman–Crippen LogP) is 3.93. The number of alkyl halides is 3. The van der Waals surface area contributed by atoms with Crippen molar-refractivity contribution in [1.29, 1.82) is 0 Å². The van der Waals surface area contributed by atoms with Crippen LogP contribution in [0.25, 0.3) is 0 Å². The van der Waals surface area contributed by atoms with Crippen LogP contribution >= 0.6 is 33.9 Å². The first-order chi connectivity index (χ1) is 6.42. The molecule has 0 saturated heterocycles. The van der Waals surface area contributed by atoms with Crippen molar-refractivity contribution < 1.29 is 8.78 Å². The number of rotatable bonds is 1. The van der Waals surface area contributed by atoms with E-state index < -0.39 is 6.43 Å². The minimum Gasteiger partial charge on any atom is -0.240 e. The average molecular weight is 329 g/mol. The number of aromatic nitrogens is 1. The molecular weight excluding hydrogens is 319 g/mol. The maximum absolute atomic E-state index is 12.4. The molecule has 1 nitrogen and oxygen atoms in total. The van der Waals surface area contributed by atoms with Crippen molar-refractivity contribution >= 4 is 33.9 Å². The molecule has 1 aliphatic carbocycles. The Morgan fingerprint density at radius 2 is 2.29 bits per heavy atom. The predicted molar refractivity (Wildman–Crippen MR) is 61.6 cm³/mol. The SMILES string of the molecule is CC1c2nc(C(F)F)sc2CC1(C)I. The average Bonchev–Trinajstić information content (AvgIpc) is 2.53. The number of thiazole rings is 1. The molecule has 0 spiro atoms. The molecule has 2 atom stereocenters. The van der Waals surface area contributed by atoms with Crippen molar-refractivity contribution in [3.63, 3.8) is 0 Å². The molecule has 0 N–H and O–H groups in total. The van der Waals surface area contributed by atoms with E-state index in [9.17, 15) is 8.78 Å². The standard InChI is InChI=1S/C9H10F2INS/c1-4-6-5(3-9(4,2)12)14-8(13-6)7(10)11/h4,7H,3H2,1-2H3. The van der Waals surface area contributed by atoms with Crippen molar-refractivity contribution in [2.75, 3.05) is 0 Å². The Kier molecular flexibility index (Phi) is 2.58. The van der Waals surface area contributed by atoms with E-state index in [1.54, 1.807) is 0 Å². The first-order valence-corrected chi connectivity index (χ1v) is 6.28. The second-order valence-electron chi connectivity index (χ2n) is 3.84. The maximum atomic E-state index is 12.4. The normalized spacial score (nSPS) is 31.1. The highest BCUT2D eigenvalue weighted by molar-refractivity contribution is 14.1. The zero-order chi connectivity index (χ0) is 10.5. The van der Waals surface area contributed by atoms with Crippen molar-refractivity contribution in [2.24, 2.45) is 0 Å². The fourth-order valence-electron chi connectivity index (χ4n) is 1.69. The summed E-state index contributed by atoms with van der Waals surface area (Å²) in [6.07, 6.45) is -1.55. The molecular formula is C9H10F2INS. The van der Waals surface area contributed by atoms with E-state index in [4.69, 9.17) is 0 Å². The van der Waals surface area contributed by atoms with Crippen LogP contribution in [-0.4, -0.2) is 8.41 Å². The highest BCUT2D eigenvalue weighted by Gasteiger charge is 2.41. The lowest BCUT2D eigenvalue weighted by molar-refractivity contribution is 0.150. The number of halogens is 3. The molecule has 1 heterocycles. The van der Waals surface area contributed by atoms with Crippen LogP contribution in [0.3, 0.4) is 0 Å². The topological polar surface area (TPSA) is 12.9 Å². The van der Waals surface area contributed by atoms with Gasteiger partial charge in [-0.15, -0.1) is 11.3 Å². The van der Waals surface area contributed by atoms with Gasteiger partial charge in [-0.1, -0.05) is 29.5 Å². The first-order valence-electron chi connectivity index (χ1n) is 4.38. The van der Waals surface area contributed by atoms with Gasteiger partial charge in [0.1, 0.15) is 0 Å². The van der Waals surface area contributed by atoms with Gasteiger partial charge in [-0.2, -0.15) is 0 Å². The molecule has 1 aliphatic rings. The van der Waals surface area contributed by atoms with Crippen LogP contribution in [0, 0.1) is 0 Å². The summed E-state index contributed by atoms with van der Waals surface area (Å²) in [5, 5.41) is -0.0197. The van der Waals surface area contributed by atoms with Gasteiger partial charge < -0.3 is 0 Å². The van der Waals surface area contributed by atoms with Gasteiger partial charge in [0.05, 0.1) is 5.69 Å². The lowest BCUT2D eigenvalue weighted by Gasteiger charge is -2.20. The van der Waals surface area contributed by atoms with Gasteiger partial charge >= 0.3 is 0 Å². The Hall–Kier alpha value is 0.220. The van der Waals surface area contributed by atoms with Crippen LogP contribution in [-0.2, 0) is 6.42 Å². The van der Waals surface area contributed by atoms with Gasteiger partial charge in [0.15, 0.2) is 5.01 Å². The third-order valence-corrected chi connectivity index (χ3v) is 5.14. The Labute approximate surface area is 99.1 Å². The maximum Gasteiger partial charge on any atom is 0.289 e. The number of fused-ring (bicyclic) bond motifs is 1. The molecule has 0 amide bonds. The molecule has 0 bridgehead atoms. The Morgan fingerprint density at radius 3 is 2.79 bits per heavy atom. The second kappa shape index (κ2) is 3.37. The van der Waals surface area contributed by atoms with Crippen molar-refractivity contribution in [3.8, 4) is 0 Å². The molecule has 1 aromatic heterocycles. The molecule has 14 heavy (non-hydrogen) atoms. The molecule has 0 aliphatic heterocycles. The molecule has 0 radical (unpaired) electrons. The van der Waals surface area contributed by atoms with Gasteiger partial charge in [0, 0.05) is 14.2 Å². The highest BCUT2D eigenvalue weighted by atomic mass is 127. The van der Waals surface area contributed by atoms with Crippen LogP contribution < -0.4 is 0 Å². The third-order valence-electron chi connectivity index (χ3n) is 2.75. The highest BCUT2D eigenvalue weighted by Crippen LogP contribution is 2.48. The molecule has 2 unspecified atom stereocenters. The monoisotopic (exact) mass is 329 g/mol. The largest absolute Gasteiger partial charge is 0.289 e. The second-order valence-corrected chi connectivity index (χ2v) is 7.42. The fraction of sp³-hybridized carbons (Fsp3) is 0.667. The van der Waals surface area contributed by atoms with E-state index in [1.165, 1.54) is 11.3 Å². The van der Waals surface area contributed by atoms with Crippen molar-refractivity contribution in [1.82, 2.24) is 4.98 Å². The van der Waals surface area contributed by atoms with Gasteiger partial charge in [0.2, 0.25) is 0 Å². The zero-order valence-corrected chi connectivity index (χ0v) is 10.8. The molecule has 78 valence electrons. The molecule has 2 rings (SSSR count). The van der Waals surface area contributed by atoms with Gasteiger partial charge in [0.25, 0.3) is 6.43 Å². The molecule has 5 heteroatoms. The Morgan fingerprint density at radius 1 is 1.64 bits per heavy atom. The summed E-state index contributed by atoms with van der Waals surface area (Å²) in [5.41, 5.74) is 0.891. The van der Waals surface area contributed by atoms with Gasteiger partial charge in [-0.25, -0.2) is 13.8 Å². The van der Waals surface area contributed by atoms with Gasteiger partial charge in [-0.05, 0) is 13.3 Å². The summed E-state index contributed by atoms with van der Waals surface area (Å²) in [6.45, 7) is 4.21. The van der Waals surface area contributed by atoms with E-state index >= 15 is 0 Å². The summed E-state index contributed by atoms with van der Waals surface area (Å²) in [6, 6.07) is 0. The van der Waals surface area contributed by atoms with Crippen LogP contribution in [0.4, 0.5) is 8.78 Å². The first kappa shape index (κ1) is 10.7. The number of nitrogens with zero attached hydrogens (tertiary/aromatic N) is 1. The summed E-state index contributed by atoms with van der Waals surface area (Å²) < 4.78 is 24.9. The number of hydrogen-bond acceptors (Lipinski definition) is 2. The van der Waals surface area contributed by atoms with E-state index in [-0.39, 0.29) is 14.3 Å². The quantitative estimate of drug-likeness (QED) is 0.562. The smallest absolute Gasteiger partial charge is 0.240 e. The van der Waals surface area contributed by atoms with Crippen LogP contribution in [0.1, 0.15) is 41.8 Å². The number of hydrogen-bond donors (Lipinski definition) is 0.